The molecule has 0 aliphatic heterocycles. The second kappa shape index (κ2) is 5.14. The lowest BCUT2D eigenvalue weighted by Crippen LogP contribution is -1.95. The van der Waals surface area contributed by atoms with Crippen LogP contribution in [0.5, 0.6) is 0 Å². The van der Waals surface area contributed by atoms with Gasteiger partial charge < -0.3 is 5.11 Å². The van der Waals surface area contributed by atoms with E-state index in [0.29, 0.717) is 6.42 Å². The van der Waals surface area contributed by atoms with Gasteiger partial charge in [0.2, 0.25) is 0 Å². The number of rotatable bonds is 3. The van der Waals surface area contributed by atoms with Gasteiger partial charge in [-0.3, -0.25) is 0 Å². The molecule has 0 saturated carbocycles. The van der Waals surface area contributed by atoms with E-state index in [4.69, 9.17) is 5.11 Å². The van der Waals surface area contributed by atoms with E-state index < -0.39 is 0 Å². The molecule has 0 spiro atoms. The SMILES string of the molecule is CC(O)CC=Cc1cccnc1Br. The largest absolute Gasteiger partial charge is 0.393 e. The summed E-state index contributed by atoms with van der Waals surface area (Å²) in [6.07, 6.45) is 6.00. The minimum absolute atomic E-state index is 0.285. The minimum atomic E-state index is -0.285. The van der Waals surface area contributed by atoms with Crippen LogP contribution < -0.4 is 0 Å². The van der Waals surface area contributed by atoms with Gasteiger partial charge in [0, 0.05) is 11.8 Å². The fourth-order valence-corrected chi connectivity index (χ4v) is 1.30. The van der Waals surface area contributed by atoms with Crippen molar-refractivity contribution in [3.05, 3.63) is 34.6 Å². The summed E-state index contributed by atoms with van der Waals surface area (Å²) in [6.45, 7) is 1.77. The highest BCUT2D eigenvalue weighted by Crippen LogP contribution is 2.14. The van der Waals surface area contributed by atoms with Gasteiger partial charge in [-0.25, -0.2) is 4.98 Å². The maximum Gasteiger partial charge on any atom is 0.113 e. The standard InChI is InChI=1S/C10H12BrNO/c1-8(13)4-2-5-9-6-3-7-12-10(9)11/h2-3,5-8,13H,4H2,1H3. The summed E-state index contributed by atoms with van der Waals surface area (Å²) >= 11 is 3.34. The van der Waals surface area contributed by atoms with Crippen LogP contribution in [0.3, 0.4) is 0 Å². The predicted octanol–water partition coefficient (Wildman–Crippen LogP) is 2.63. The van der Waals surface area contributed by atoms with E-state index in [1.165, 1.54) is 0 Å². The molecule has 0 aliphatic rings. The third-order valence-electron chi connectivity index (χ3n) is 1.56. The first-order valence-corrected chi connectivity index (χ1v) is 4.94. The number of hydrogen-bond acceptors (Lipinski definition) is 2. The van der Waals surface area contributed by atoms with E-state index in [-0.39, 0.29) is 6.10 Å². The number of aromatic nitrogens is 1. The van der Waals surface area contributed by atoms with Gasteiger partial charge in [-0.05, 0) is 35.3 Å². The Labute approximate surface area is 86.4 Å². The molecule has 3 heteroatoms. The summed E-state index contributed by atoms with van der Waals surface area (Å²) in [4.78, 5) is 4.08. The maximum absolute atomic E-state index is 9.02. The lowest BCUT2D eigenvalue weighted by Gasteiger charge is -1.98. The monoisotopic (exact) mass is 241 g/mol. The Balaban J connectivity index is 2.63. The van der Waals surface area contributed by atoms with Crippen LogP contribution in [0.4, 0.5) is 0 Å². The molecule has 0 aliphatic carbocycles. The Morgan fingerprint density at radius 3 is 3.08 bits per heavy atom. The summed E-state index contributed by atoms with van der Waals surface area (Å²) in [5.41, 5.74) is 1.03. The van der Waals surface area contributed by atoms with Gasteiger partial charge in [-0.2, -0.15) is 0 Å². The molecule has 1 unspecified atom stereocenters. The quantitative estimate of drug-likeness (QED) is 0.826. The van der Waals surface area contributed by atoms with Gasteiger partial charge in [0.1, 0.15) is 4.60 Å². The Kier molecular flexibility index (Phi) is 4.12. The van der Waals surface area contributed by atoms with Crippen LogP contribution in [0.25, 0.3) is 6.08 Å². The van der Waals surface area contributed by atoms with Crippen LogP contribution in [-0.2, 0) is 0 Å². The van der Waals surface area contributed by atoms with Crippen LogP contribution in [0.1, 0.15) is 18.9 Å². The molecular weight excluding hydrogens is 230 g/mol. The summed E-state index contributed by atoms with van der Waals surface area (Å²) in [5.74, 6) is 0. The third kappa shape index (κ3) is 3.70. The molecule has 0 radical (unpaired) electrons. The molecule has 1 aromatic rings. The highest BCUT2D eigenvalue weighted by atomic mass is 79.9. The molecule has 1 rings (SSSR count). The topological polar surface area (TPSA) is 33.1 Å². The van der Waals surface area contributed by atoms with Crippen molar-refractivity contribution < 1.29 is 5.11 Å². The van der Waals surface area contributed by atoms with E-state index >= 15 is 0 Å². The highest BCUT2D eigenvalue weighted by molar-refractivity contribution is 9.10. The van der Waals surface area contributed by atoms with Gasteiger partial charge in [0.25, 0.3) is 0 Å². The van der Waals surface area contributed by atoms with E-state index in [0.717, 1.165) is 10.2 Å². The highest BCUT2D eigenvalue weighted by Gasteiger charge is 1.94. The molecular formula is C10H12BrNO. The van der Waals surface area contributed by atoms with Crippen molar-refractivity contribution >= 4 is 22.0 Å². The number of aliphatic hydroxyl groups is 1. The molecule has 2 nitrogen and oxygen atoms in total. The normalized spacial score (nSPS) is 13.5. The summed E-state index contributed by atoms with van der Waals surface area (Å²) in [7, 11) is 0. The summed E-state index contributed by atoms with van der Waals surface area (Å²) in [5, 5.41) is 9.02. The zero-order valence-corrected chi connectivity index (χ0v) is 9.03. The van der Waals surface area contributed by atoms with Gasteiger partial charge in [-0.15, -0.1) is 0 Å². The lowest BCUT2D eigenvalue weighted by molar-refractivity contribution is 0.199. The van der Waals surface area contributed by atoms with Gasteiger partial charge in [-0.1, -0.05) is 18.2 Å². The Morgan fingerprint density at radius 1 is 1.69 bits per heavy atom. The van der Waals surface area contributed by atoms with Crippen molar-refractivity contribution in [1.29, 1.82) is 0 Å². The number of pyridine rings is 1. The maximum atomic E-state index is 9.02. The predicted molar refractivity (Wildman–Crippen MR) is 57.3 cm³/mol. The smallest absolute Gasteiger partial charge is 0.113 e. The zero-order chi connectivity index (χ0) is 9.68. The zero-order valence-electron chi connectivity index (χ0n) is 7.44. The van der Waals surface area contributed by atoms with Crippen molar-refractivity contribution in [2.45, 2.75) is 19.4 Å². The lowest BCUT2D eigenvalue weighted by atomic mass is 10.2. The molecule has 1 atom stereocenters. The molecule has 0 aromatic carbocycles. The average molecular weight is 242 g/mol. The van der Waals surface area contributed by atoms with E-state index in [1.54, 1.807) is 13.1 Å². The first-order chi connectivity index (χ1) is 6.20. The Hall–Kier alpha value is -0.670. The number of aliphatic hydroxyl groups excluding tert-OH is 1. The second-order valence-electron chi connectivity index (χ2n) is 2.87. The number of nitrogens with zero attached hydrogens (tertiary/aromatic N) is 1. The van der Waals surface area contributed by atoms with Gasteiger partial charge >= 0.3 is 0 Å². The first kappa shape index (κ1) is 10.4. The third-order valence-corrected chi connectivity index (χ3v) is 2.23. The van der Waals surface area contributed by atoms with Crippen molar-refractivity contribution in [1.82, 2.24) is 4.98 Å². The molecule has 1 heterocycles. The van der Waals surface area contributed by atoms with Crippen molar-refractivity contribution in [3.63, 3.8) is 0 Å². The van der Waals surface area contributed by atoms with E-state index in [2.05, 4.69) is 20.9 Å². The first-order valence-electron chi connectivity index (χ1n) is 4.15. The van der Waals surface area contributed by atoms with Gasteiger partial charge in [0.15, 0.2) is 0 Å². The molecule has 1 N–H and O–H groups in total. The molecule has 0 amide bonds. The van der Waals surface area contributed by atoms with Crippen molar-refractivity contribution in [3.8, 4) is 0 Å². The minimum Gasteiger partial charge on any atom is -0.393 e. The molecule has 13 heavy (non-hydrogen) atoms. The van der Waals surface area contributed by atoms with E-state index in [1.807, 2.05) is 24.3 Å². The number of hydrogen-bond donors (Lipinski definition) is 1. The average Bonchev–Trinajstić information content (AvgIpc) is 2.08. The number of halogens is 1. The summed E-state index contributed by atoms with van der Waals surface area (Å²) in [6, 6.07) is 3.85. The fourth-order valence-electron chi connectivity index (χ4n) is 0.915. The second-order valence-corrected chi connectivity index (χ2v) is 3.62. The molecule has 0 fully saturated rings. The fraction of sp³-hybridized carbons (Fsp3) is 0.300. The van der Waals surface area contributed by atoms with Crippen molar-refractivity contribution in [2.24, 2.45) is 0 Å². The Bertz CT molecular complexity index is 297. The molecule has 0 saturated heterocycles. The van der Waals surface area contributed by atoms with Crippen LogP contribution in [0.15, 0.2) is 29.0 Å². The van der Waals surface area contributed by atoms with E-state index in [9.17, 15) is 0 Å². The van der Waals surface area contributed by atoms with Crippen LogP contribution in [-0.4, -0.2) is 16.2 Å². The Morgan fingerprint density at radius 2 is 2.46 bits per heavy atom. The molecule has 70 valence electrons. The molecule has 0 bridgehead atoms. The van der Waals surface area contributed by atoms with Crippen LogP contribution >= 0.6 is 15.9 Å². The summed E-state index contributed by atoms with van der Waals surface area (Å²) < 4.78 is 0.830. The van der Waals surface area contributed by atoms with Crippen LogP contribution in [0, 0.1) is 0 Å². The van der Waals surface area contributed by atoms with Crippen LogP contribution in [0.2, 0.25) is 0 Å². The molecule has 1 aromatic heterocycles. The van der Waals surface area contributed by atoms with Gasteiger partial charge in [0.05, 0.1) is 6.10 Å². The van der Waals surface area contributed by atoms with Crippen molar-refractivity contribution in [2.75, 3.05) is 0 Å².